The monoisotopic (exact) mass is 459 g/mol. The number of aromatic amines is 1. The van der Waals surface area contributed by atoms with Gasteiger partial charge in [-0.25, -0.2) is 0 Å². The summed E-state index contributed by atoms with van der Waals surface area (Å²) in [6.45, 7) is 2.20. The van der Waals surface area contributed by atoms with Crippen LogP contribution in [-0.2, 0) is 22.6 Å². The minimum Gasteiger partial charge on any atom is -0.322 e. The largest absolute Gasteiger partial charge is 0.322 e. The molecule has 2 aromatic rings. The normalized spacial score (nSPS) is 18.6. The molecule has 1 aromatic carbocycles. The van der Waals surface area contributed by atoms with Crippen molar-refractivity contribution in [2.45, 2.75) is 38.8 Å². The molecule has 1 unspecified atom stereocenters. The molecule has 9 nitrogen and oxygen atoms in total. The molecule has 10 heteroatoms. The molecule has 0 spiro atoms. The maximum atomic E-state index is 12.7. The smallest absolute Gasteiger partial charge is 0.277 e. The number of benzene rings is 1. The van der Waals surface area contributed by atoms with Gasteiger partial charge in [0.25, 0.3) is 11.8 Å². The van der Waals surface area contributed by atoms with Gasteiger partial charge in [-0.3, -0.25) is 29.6 Å². The Morgan fingerprint density at radius 3 is 2.83 bits per heavy atom. The Labute approximate surface area is 174 Å². The molecule has 0 saturated carbocycles. The van der Waals surface area contributed by atoms with Crippen LogP contribution in [0.3, 0.4) is 0 Å². The zero-order valence-corrected chi connectivity index (χ0v) is 17.1. The van der Waals surface area contributed by atoms with E-state index < -0.39 is 11.9 Å². The van der Waals surface area contributed by atoms with Crippen LogP contribution in [0.25, 0.3) is 0 Å². The maximum Gasteiger partial charge on any atom is 0.277 e. The molecule has 1 aromatic heterocycles. The Morgan fingerprint density at radius 2 is 2.14 bits per heavy atom. The Balaban J connectivity index is 1.51. The molecule has 1 fully saturated rings. The second-order valence-corrected chi connectivity index (χ2v) is 7.74. The van der Waals surface area contributed by atoms with Gasteiger partial charge in [0.1, 0.15) is 6.04 Å². The van der Waals surface area contributed by atoms with Crippen LogP contribution in [0.1, 0.15) is 51.9 Å². The molecule has 2 aliphatic rings. The van der Waals surface area contributed by atoms with Crippen LogP contribution in [0.15, 0.2) is 22.7 Å². The number of carbonyl (C=O) groups excluding carboxylic acids is 4. The number of H-pyrrole nitrogens is 1. The predicted octanol–water partition coefficient (Wildman–Crippen LogP) is 1.75. The summed E-state index contributed by atoms with van der Waals surface area (Å²) >= 11 is 3.38. The lowest BCUT2D eigenvalue weighted by molar-refractivity contribution is -0.136. The van der Waals surface area contributed by atoms with Crippen LogP contribution in [0.4, 0.5) is 5.69 Å². The van der Waals surface area contributed by atoms with E-state index in [4.69, 9.17) is 0 Å². The molecule has 0 radical (unpaired) electrons. The fraction of sp³-hybridized carbons (Fsp3) is 0.316. The first-order valence-corrected chi connectivity index (χ1v) is 10.00. The molecule has 2 aliphatic heterocycles. The Bertz CT molecular complexity index is 1050. The van der Waals surface area contributed by atoms with Gasteiger partial charge in [0, 0.05) is 29.9 Å². The zero-order chi connectivity index (χ0) is 20.7. The van der Waals surface area contributed by atoms with E-state index in [1.165, 1.54) is 4.90 Å². The van der Waals surface area contributed by atoms with Crippen LogP contribution in [0.5, 0.6) is 0 Å². The van der Waals surface area contributed by atoms with Crippen molar-refractivity contribution in [3.63, 3.8) is 0 Å². The Kier molecular flexibility index (Phi) is 4.95. The number of fused-ring (bicyclic) bond motifs is 1. The highest BCUT2D eigenvalue weighted by molar-refractivity contribution is 9.10. The Hall–Kier alpha value is -3.01. The van der Waals surface area contributed by atoms with Gasteiger partial charge in [-0.2, -0.15) is 5.10 Å². The molecule has 150 valence electrons. The van der Waals surface area contributed by atoms with E-state index in [2.05, 4.69) is 36.8 Å². The molecule has 4 rings (SSSR count). The summed E-state index contributed by atoms with van der Waals surface area (Å²) in [5.41, 5.74) is 2.81. The number of nitrogens with zero attached hydrogens (tertiary/aromatic N) is 2. The third kappa shape index (κ3) is 3.44. The summed E-state index contributed by atoms with van der Waals surface area (Å²) in [4.78, 5) is 50.2. The number of imide groups is 1. The highest BCUT2D eigenvalue weighted by atomic mass is 79.9. The van der Waals surface area contributed by atoms with Crippen molar-refractivity contribution in [2.24, 2.45) is 0 Å². The number of rotatable bonds is 4. The number of halogens is 1. The van der Waals surface area contributed by atoms with Crippen LogP contribution in [0.2, 0.25) is 0 Å². The first kappa shape index (κ1) is 19.3. The van der Waals surface area contributed by atoms with Gasteiger partial charge in [-0.05, 0) is 52.5 Å². The van der Waals surface area contributed by atoms with Crippen molar-refractivity contribution in [3.8, 4) is 0 Å². The number of anilines is 1. The number of carbonyl (C=O) groups is 4. The third-order valence-corrected chi connectivity index (χ3v) is 5.98. The van der Waals surface area contributed by atoms with Crippen LogP contribution >= 0.6 is 15.9 Å². The predicted molar refractivity (Wildman–Crippen MR) is 106 cm³/mol. The highest BCUT2D eigenvalue weighted by Crippen LogP contribution is 2.30. The number of aryl methyl sites for hydroxylation is 1. The van der Waals surface area contributed by atoms with Gasteiger partial charge in [-0.15, -0.1) is 0 Å². The van der Waals surface area contributed by atoms with Crippen molar-refractivity contribution in [2.75, 3.05) is 5.32 Å². The third-order valence-electron chi connectivity index (χ3n) is 5.13. The number of piperidine rings is 1. The van der Waals surface area contributed by atoms with Crippen molar-refractivity contribution < 1.29 is 19.2 Å². The van der Waals surface area contributed by atoms with Gasteiger partial charge < -0.3 is 10.2 Å². The number of aromatic nitrogens is 2. The van der Waals surface area contributed by atoms with E-state index in [1.807, 2.05) is 6.92 Å². The first-order chi connectivity index (χ1) is 13.9. The van der Waals surface area contributed by atoms with E-state index in [9.17, 15) is 19.2 Å². The van der Waals surface area contributed by atoms with Crippen LogP contribution < -0.4 is 10.6 Å². The lowest BCUT2D eigenvalue weighted by Gasteiger charge is -2.29. The molecular weight excluding hydrogens is 442 g/mol. The molecule has 3 N–H and O–H groups in total. The van der Waals surface area contributed by atoms with Crippen molar-refractivity contribution >= 4 is 45.2 Å². The summed E-state index contributed by atoms with van der Waals surface area (Å²) in [6, 6.07) is 4.33. The summed E-state index contributed by atoms with van der Waals surface area (Å²) in [6.07, 6.45) is 1.22. The molecule has 0 bridgehead atoms. The van der Waals surface area contributed by atoms with Crippen LogP contribution in [0, 0.1) is 0 Å². The lowest BCUT2D eigenvalue weighted by atomic mass is 10.0. The summed E-state index contributed by atoms with van der Waals surface area (Å²) < 4.78 is 0.623. The van der Waals surface area contributed by atoms with Gasteiger partial charge in [0.2, 0.25) is 11.8 Å². The number of hydrogen-bond donors (Lipinski definition) is 3. The molecule has 1 atom stereocenters. The number of nitrogens with one attached hydrogen (secondary N) is 3. The fourth-order valence-corrected chi connectivity index (χ4v) is 4.23. The molecule has 4 amide bonds. The average Bonchev–Trinajstić information content (AvgIpc) is 3.21. The number of hydrogen-bond acceptors (Lipinski definition) is 5. The van der Waals surface area contributed by atoms with Crippen molar-refractivity contribution in [1.82, 2.24) is 20.4 Å². The van der Waals surface area contributed by atoms with Gasteiger partial charge in [-0.1, -0.05) is 6.92 Å². The topological polar surface area (TPSA) is 124 Å². The second-order valence-electron chi connectivity index (χ2n) is 6.94. The van der Waals surface area contributed by atoms with E-state index in [0.29, 0.717) is 34.1 Å². The zero-order valence-electron chi connectivity index (χ0n) is 15.5. The number of amides is 4. The SMILES string of the molecule is CCc1[nH]nc(C(=O)Nc2ccc3c(c2)CN(C2CCC(=O)NC2=O)C3=O)c1Br. The molecule has 3 heterocycles. The van der Waals surface area contributed by atoms with E-state index >= 15 is 0 Å². The van der Waals surface area contributed by atoms with E-state index in [0.717, 1.165) is 5.69 Å². The summed E-state index contributed by atoms with van der Waals surface area (Å²) in [5.74, 6) is -1.41. The lowest BCUT2D eigenvalue weighted by Crippen LogP contribution is -2.52. The molecule has 1 saturated heterocycles. The van der Waals surface area contributed by atoms with Gasteiger partial charge in [0.05, 0.1) is 4.47 Å². The highest BCUT2D eigenvalue weighted by Gasteiger charge is 2.39. The molecule has 0 aliphatic carbocycles. The van der Waals surface area contributed by atoms with Crippen molar-refractivity contribution in [3.05, 3.63) is 45.2 Å². The maximum absolute atomic E-state index is 12.7. The standard InChI is InChI=1S/C19H18BrN5O4/c1-2-12-15(20)16(24-23-12)18(28)21-10-3-4-11-9(7-10)8-25(19(11)29)13-5-6-14(26)22-17(13)27/h3-4,7,13H,2,5-6,8H2,1H3,(H,21,28)(H,23,24)(H,22,26,27). The Morgan fingerprint density at radius 1 is 1.34 bits per heavy atom. The van der Waals surface area contributed by atoms with E-state index in [-0.39, 0.29) is 36.4 Å². The van der Waals surface area contributed by atoms with Gasteiger partial charge in [0.15, 0.2) is 5.69 Å². The van der Waals surface area contributed by atoms with Gasteiger partial charge >= 0.3 is 0 Å². The quantitative estimate of drug-likeness (QED) is 0.600. The average molecular weight is 460 g/mol. The molecule has 29 heavy (non-hydrogen) atoms. The minimum absolute atomic E-state index is 0.204. The minimum atomic E-state index is -0.668. The van der Waals surface area contributed by atoms with E-state index in [1.54, 1.807) is 18.2 Å². The first-order valence-electron chi connectivity index (χ1n) is 9.20. The van der Waals surface area contributed by atoms with Crippen molar-refractivity contribution in [1.29, 1.82) is 0 Å². The molecular formula is C19H18BrN5O4. The summed E-state index contributed by atoms with van der Waals surface area (Å²) in [7, 11) is 0. The second kappa shape index (κ2) is 7.43. The van der Waals surface area contributed by atoms with Crippen LogP contribution in [-0.4, -0.2) is 44.8 Å². The fourth-order valence-electron chi connectivity index (χ4n) is 3.59. The summed E-state index contributed by atoms with van der Waals surface area (Å²) in [5, 5.41) is 11.9.